The molecule has 82 valence electrons. The molecule has 6 nitrogen and oxygen atoms in total. The first-order chi connectivity index (χ1) is 6.43. The predicted octanol–water partition coefficient (Wildman–Crippen LogP) is -0.899. The number of carboxylic acids is 1. The third-order valence-electron chi connectivity index (χ3n) is 1.48. The Morgan fingerprint density at radius 1 is 1.57 bits per heavy atom. The minimum absolute atomic E-state index is 0.215. The summed E-state index contributed by atoms with van der Waals surface area (Å²) in [7, 11) is 0. The number of hydrogen-bond donors (Lipinski definition) is 4. The average Bonchev–Trinajstić information content (AvgIpc) is 2.02. The van der Waals surface area contributed by atoms with E-state index in [9.17, 15) is 4.79 Å². The van der Waals surface area contributed by atoms with Crippen LogP contribution in [0.4, 0.5) is 0 Å². The fourth-order valence-corrected chi connectivity index (χ4v) is 0.789. The standard InChI is InChI=1S/C8H18N4O2/c1-5(2)12-8(10)11-4-3-6(9)7(13)14/h5-6H,3-4,9H2,1-2H3,(H,13,14)(H3,10,11,12)/t6-/m0/s1. The van der Waals surface area contributed by atoms with Gasteiger partial charge in [0.25, 0.3) is 0 Å². The minimum atomic E-state index is -1.02. The number of aliphatic carboxylic acids is 1. The SMILES string of the molecule is CC(C)NC(N)=NCC[C@H](N)C(=O)O. The molecular weight excluding hydrogens is 184 g/mol. The predicted molar refractivity (Wildman–Crippen MR) is 55.0 cm³/mol. The molecule has 6 N–H and O–H groups in total. The second-order valence-corrected chi connectivity index (χ2v) is 3.30. The van der Waals surface area contributed by atoms with E-state index >= 15 is 0 Å². The van der Waals surface area contributed by atoms with Gasteiger partial charge in [-0.2, -0.15) is 0 Å². The Balaban J connectivity index is 3.75. The average molecular weight is 202 g/mol. The molecule has 0 saturated carbocycles. The Labute approximate surface area is 83.4 Å². The molecule has 0 amide bonds. The van der Waals surface area contributed by atoms with E-state index in [1.54, 1.807) is 0 Å². The summed E-state index contributed by atoms with van der Waals surface area (Å²) in [5.41, 5.74) is 10.8. The van der Waals surface area contributed by atoms with Gasteiger partial charge in [0, 0.05) is 12.6 Å². The fraction of sp³-hybridized carbons (Fsp3) is 0.750. The van der Waals surface area contributed by atoms with Gasteiger partial charge in [-0.25, -0.2) is 0 Å². The number of rotatable bonds is 5. The van der Waals surface area contributed by atoms with Crippen molar-refractivity contribution in [2.45, 2.75) is 32.4 Å². The molecule has 0 rings (SSSR count). The van der Waals surface area contributed by atoms with Crippen molar-refractivity contribution in [3.05, 3.63) is 0 Å². The van der Waals surface area contributed by atoms with Crippen molar-refractivity contribution < 1.29 is 9.90 Å². The zero-order chi connectivity index (χ0) is 11.1. The van der Waals surface area contributed by atoms with Gasteiger partial charge in [0.2, 0.25) is 0 Å². The van der Waals surface area contributed by atoms with Gasteiger partial charge in [0.15, 0.2) is 5.96 Å². The van der Waals surface area contributed by atoms with Gasteiger partial charge in [-0.3, -0.25) is 9.79 Å². The molecule has 1 atom stereocenters. The lowest BCUT2D eigenvalue weighted by Gasteiger charge is -2.08. The van der Waals surface area contributed by atoms with E-state index in [-0.39, 0.29) is 12.5 Å². The molecule has 6 heteroatoms. The summed E-state index contributed by atoms with van der Waals surface area (Å²) in [4.78, 5) is 14.3. The van der Waals surface area contributed by atoms with Crippen molar-refractivity contribution in [1.82, 2.24) is 5.32 Å². The van der Waals surface area contributed by atoms with Crippen molar-refractivity contribution in [2.75, 3.05) is 6.54 Å². The van der Waals surface area contributed by atoms with E-state index in [1.165, 1.54) is 0 Å². The molecule has 0 aromatic heterocycles. The first-order valence-electron chi connectivity index (χ1n) is 4.48. The Kier molecular flexibility index (Phi) is 5.62. The molecule has 0 bridgehead atoms. The monoisotopic (exact) mass is 202 g/mol. The molecule has 0 radical (unpaired) electrons. The van der Waals surface area contributed by atoms with Crippen LogP contribution in [0.25, 0.3) is 0 Å². The molecule has 0 aromatic rings. The third-order valence-corrected chi connectivity index (χ3v) is 1.48. The normalized spacial score (nSPS) is 14.1. The Bertz CT molecular complexity index is 215. The zero-order valence-corrected chi connectivity index (χ0v) is 8.53. The van der Waals surface area contributed by atoms with Crippen molar-refractivity contribution in [3.8, 4) is 0 Å². The molecule has 0 aliphatic rings. The van der Waals surface area contributed by atoms with Crippen LogP contribution in [-0.4, -0.2) is 35.7 Å². The quantitative estimate of drug-likeness (QED) is 0.341. The first-order valence-corrected chi connectivity index (χ1v) is 4.48. The van der Waals surface area contributed by atoms with Crippen LogP contribution in [-0.2, 0) is 4.79 Å². The van der Waals surface area contributed by atoms with E-state index in [1.807, 2.05) is 13.8 Å². The molecule has 0 aliphatic carbocycles. The topological polar surface area (TPSA) is 114 Å². The number of guanidine groups is 1. The Morgan fingerprint density at radius 2 is 2.14 bits per heavy atom. The second kappa shape index (κ2) is 6.20. The molecule has 0 fully saturated rings. The first kappa shape index (κ1) is 12.7. The molecule has 0 aromatic carbocycles. The van der Waals surface area contributed by atoms with Crippen molar-refractivity contribution in [2.24, 2.45) is 16.5 Å². The molecule has 0 heterocycles. The highest BCUT2D eigenvalue weighted by molar-refractivity contribution is 5.78. The van der Waals surface area contributed by atoms with Crippen LogP contribution in [0.15, 0.2) is 4.99 Å². The van der Waals surface area contributed by atoms with Crippen LogP contribution in [0, 0.1) is 0 Å². The number of nitrogens with one attached hydrogen (secondary N) is 1. The summed E-state index contributed by atoms with van der Waals surface area (Å²) >= 11 is 0. The van der Waals surface area contributed by atoms with Gasteiger partial charge in [0.05, 0.1) is 0 Å². The van der Waals surface area contributed by atoms with E-state index in [0.29, 0.717) is 12.5 Å². The minimum Gasteiger partial charge on any atom is -0.480 e. The van der Waals surface area contributed by atoms with Crippen LogP contribution in [0.1, 0.15) is 20.3 Å². The summed E-state index contributed by atoms with van der Waals surface area (Å²) in [6, 6.07) is -0.655. The second-order valence-electron chi connectivity index (χ2n) is 3.30. The highest BCUT2D eigenvalue weighted by Gasteiger charge is 2.09. The smallest absolute Gasteiger partial charge is 0.320 e. The fourth-order valence-electron chi connectivity index (χ4n) is 0.789. The molecular formula is C8H18N4O2. The van der Waals surface area contributed by atoms with Crippen molar-refractivity contribution >= 4 is 11.9 Å². The van der Waals surface area contributed by atoms with E-state index in [2.05, 4.69) is 10.3 Å². The number of carboxylic acid groups (broad SMARTS) is 1. The maximum absolute atomic E-state index is 10.3. The van der Waals surface area contributed by atoms with Crippen molar-refractivity contribution in [1.29, 1.82) is 0 Å². The number of nitrogens with zero attached hydrogens (tertiary/aromatic N) is 1. The molecule has 0 spiro atoms. The van der Waals surface area contributed by atoms with Gasteiger partial charge < -0.3 is 21.9 Å². The lowest BCUT2D eigenvalue weighted by molar-refractivity contribution is -0.138. The number of nitrogens with two attached hydrogens (primary N) is 2. The van der Waals surface area contributed by atoms with Gasteiger partial charge in [-0.05, 0) is 20.3 Å². The summed E-state index contributed by atoms with van der Waals surface area (Å²) in [5, 5.41) is 11.4. The molecule has 0 unspecified atom stereocenters. The number of aliphatic imine (C=N–C) groups is 1. The summed E-state index contributed by atoms with van der Waals surface area (Å²) in [6.45, 7) is 4.19. The number of carbonyl (C=O) groups is 1. The van der Waals surface area contributed by atoms with E-state index in [0.717, 1.165) is 0 Å². The Hall–Kier alpha value is -1.30. The van der Waals surface area contributed by atoms with Crippen LogP contribution in [0.3, 0.4) is 0 Å². The third kappa shape index (κ3) is 6.24. The summed E-state index contributed by atoms with van der Waals surface area (Å²) in [5.74, 6) is -0.701. The van der Waals surface area contributed by atoms with Gasteiger partial charge in [-0.1, -0.05) is 0 Å². The van der Waals surface area contributed by atoms with Crippen LogP contribution >= 0.6 is 0 Å². The zero-order valence-electron chi connectivity index (χ0n) is 8.53. The van der Waals surface area contributed by atoms with Gasteiger partial charge in [0.1, 0.15) is 6.04 Å². The van der Waals surface area contributed by atoms with E-state index in [4.69, 9.17) is 16.6 Å². The largest absolute Gasteiger partial charge is 0.480 e. The highest BCUT2D eigenvalue weighted by atomic mass is 16.4. The van der Waals surface area contributed by atoms with Gasteiger partial charge in [-0.15, -0.1) is 0 Å². The van der Waals surface area contributed by atoms with Crippen LogP contribution in [0.5, 0.6) is 0 Å². The van der Waals surface area contributed by atoms with E-state index < -0.39 is 12.0 Å². The van der Waals surface area contributed by atoms with Crippen molar-refractivity contribution in [3.63, 3.8) is 0 Å². The molecule has 0 aliphatic heterocycles. The van der Waals surface area contributed by atoms with Gasteiger partial charge >= 0.3 is 5.97 Å². The lowest BCUT2D eigenvalue weighted by Crippen LogP contribution is -2.37. The maximum atomic E-state index is 10.3. The van der Waals surface area contributed by atoms with Crippen LogP contribution < -0.4 is 16.8 Å². The lowest BCUT2D eigenvalue weighted by atomic mass is 10.2. The Morgan fingerprint density at radius 3 is 2.57 bits per heavy atom. The summed E-state index contributed by atoms with van der Waals surface area (Å²) in [6.07, 6.45) is 0.288. The highest BCUT2D eigenvalue weighted by Crippen LogP contribution is 1.88. The maximum Gasteiger partial charge on any atom is 0.320 e. The summed E-state index contributed by atoms with van der Waals surface area (Å²) < 4.78 is 0. The van der Waals surface area contributed by atoms with Crippen LogP contribution in [0.2, 0.25) is 0 Å². The molecule has 14 heavy (non-hydrogen) atoms. The molecule has 0 saturated heterocycles. The number of hydrogen-bond acceptors (Lipinski definition) is 3.